The Hall–Kier alpha value is -2.37. The molecule has 1 unspecified atom stereocenters. The predicted octanol–water partition coefficient (Wildman–Crippen LogP) is 4.61. The van der Waals surface area contributed by atoms with E-state index < -0.39 is 0 Å². The SMILES string of the molecule is CCCCCOc1ccc(C(=O)N2CCCC(Cc3nc(C4CC4)no3)C2)cc1. The van der Waals surface area contributed by atoms with Gasteiger partial charge in [0.25, 0.3) is 5.91 Å². The van der Waals surface area contributed by atoms with Crippen molar-refractivity contribution in [2.75, 3.05) is 19.7 Å². The Kier molecular flexibility index (Phi) is 6.47. The molecule has 0 spiro atoms. The molecule has 0 N–H and O–H groups in total. The minimum atomic E-state index is 0.0939. The van der Waals surface area contributed by atoms with E-state index in [0.29, 0.717) is 11.8 Å². The number of hydrogen-bond donors (Lipinski definition) is 0. The van der Waals surface area contributed by atoms with Crippen LogP contribution >= 0.6 is 0 Å². The first-order valence-electron chi connectivity index (χ1n) is 11.1. The summed E-state index contributed by atoms with van der Waals surface area (Å²) in [6.45, 7) is 4.46. The van der Waals surface area contributed by atoms with Gasteiger partial charge in [0, 0.05) is 31.0 Å². The van der Waals surface area contributed by atoms with Crippen LogP contribution < -0.4 is 4.74 Å². The molecule has 29 heavy (non-hydrogen) atoms. The highest BCUT2D eigenvalue weighted by Gasteiger charge is 2.30. The lowest BCUT2D eigenvalue weighted by Crippen LogP contribution is -2.40. The van der Waals surface area contributed by atoms with Crippen molar-refractivity contribution in [2.24, 2.45) is 5.92 Å². The van der Waals surface area contributed by atoms with E-state index in [1.165, 1.54) is 25.7 Å². The predicted molar refractivity (Wildman–Crippen MR) is 110 cm³/mol. The maximum Gasteiger partial charge on any atom is 0.253 e. The fourth-order valence-corrected chi connectivity index (χ4v) is 3.94. The lowest BCUT2D eigenvalue weighted by atomic mass is 9.94. The van der Waals surface area contributed by atoms with Crippen molar-refractivity contribution in [3.8, 4) is 5.75 Å². The second-order valence-electron chi connectivity index (χ2n) is 8.36. The molecule has 0 radical (unpaired) electrons. The molecule has 1 aromatic heterocycles. The topological polar surface area (TPSA) is 68.5 Å². The van der Waals surface area contributed by atoms with Gasteiger partial charge >= 0.3 is 0 Å². The monoisotopic (exact) mass is 397 g/mol. The van der Waals surface area contributed by atoms with Crippen molar-refractivity contribution in [3.63, 3.8) is 0 Å². The highest BCUT2D eigenvalue weighted by molar-refractivity contribution is 5.94. The molecular formula is C23H31N3O3. The highest BCUT2D eigenvalue weighted by atomic mass is 16.5. The number of aromatic nitrogens is 2. The fourth-order valence-electron chi connectivity index (χ4n) is 3.94. The van der Waals surface area contributed by atoms with E-state index in [-0.39, 0.29) is 5.91 Å². The molecule has 4 rings (SSSR count). The molecular weight excluding hydrogens is 366 g/mol. The van der Waals surface area contributed by atoms with E-state index in [1.54, 1.807) is 0 Å². The van der Waals surface area contributed by atoms with E-state index in [0.717, 1.165) is 68.4 Å². The van der Waals surface area contributed by atoms with Gasteiger partial charge in [0.2, 0.25) is 5.89 Å². The Morgan fingerprint density at radius 3 is 2.79 bits per heavy atom. The van der Waals surface area contributed by atoms with E-state index in [9.17, 15) is 4.79 Å². The third-order valence-corrected chi connectivity index (χ3v) is 5.81. The van der Waals surface area contributed by atoms with Crippen LogP contribution in [0.4, 0.5) is 0 Å². The molecule has 2 aromatic rings. The van der Waals surface area contributed by atoms with Gasteiger partial charge in [0.15, 0.2) is 5.82 Å². The average molecular weight is 398 g/mol. The van der Waals surface area contributed by atoms with E-state index >= 15 is 0 Å². The van der Waals surface area contributed by atoms with E-state index in [4.69, 9.17) is 9.26 Å². The molecule has 1 aliphatic carbocycles. The van der Waals surface area contributed by atoms with Gasteiger partial charge in [-0.15, -0.1) is 0 Å². The zero-order valence-corrected chi connectivity index (χ0v) is 17.3. The van der Waals surface area contributed by atoms with Crippen LogP contribution in [0.1, 0.15) is 79.9 Å². The van der Waals surface area contributed by atoms with E-state index in [1.807, 2.05) is 29.2 Å². The van der Waals surface area contributed by atoms with Gasteiger partial charge < -0.3 is 14.2 Å². The number of likely N-dealkylation sites (tertiary alicyclic amines) is 1. The van der Waals surface area contributed by atoms with Crippen LogP contribution in [0.15, 0.2) is 28.8 Å². The minimum absolute atomic E-state index is 0.0939. The van der Waals surface area contributed by atoms with Crippen molar-refractivity contribution in [2.45, 2.75) is 64.2 Å². The summed E-state index contributed by atoms with van der Waals surface area (Å²) < 4.78 is 11.2. The average Bonchev–Trinajstić information content (AvgIpc) is 3.51. The largest absolute Gasteiger partial charge is 0.494 e. The molecule has 2 heterocycles. The molecule has 1 amide bonds. The fraction of sp³-hybridized carbons (Fsp3) is 0.609. The second kappa shape index (κ2) is 9.42. The number of carbonyl (C=O) groups excluding carboxylic acids is 1. The Morgan fingerprint density at radius 1 is 1.21 bits per heavy atom. The summed E-state index contributed by atoms with van der Waals surface area (Å²) in [6.07, 6.45) is 8.64. The number of nitrogens with zero attached hydrogens (tertiary/aromatic N) is 3. The summed E-state index contributed by atoms with van der Waals surface area (Å²) in [5.74, 6) is 3.39. The summed E-state index contributed by atoms with van der Waals surface area (Å²) in [5.41, 5.74) is 0.723. The summed E-state index contributed by atoms with van der Waals surface area (Å²) >= 11 is 0. The standard InChI is InChI=1S/C23H31N3O3/c1-2-3-4-14-28-20-11-9-19(10-12-20)23(27)26-13-5-6-17(16-26)15-21-24-22(25-29-21)18-7-8-18/h9-12,17-18H,2-8,13-16H2,1H3. The summed E-state index contributed by atoms with van der Waals surface area (Å²) in [5, 5.41) is 4.11. The van der Waals surface area contributed by atoms with Gasteiger partial charge in [-0.05, 0) is 62.3 Å². The highest BCUT2D eigenvalue weighted by Crippen LogP contribution is 2.38. The number of hydrogen-bond acceptors (Lipinski definition) is 5. The normalized spacial score (nSPS) is 19.3. The Morgan fingerprint density at radius 2 is 2.03 bits per heavy atom. The Labute approximate surface area is 172 Å². The van der Waals surface area contributed by atoms with Gasteiger partial charge in [-0.1, -0.05) is 24.9 Å². The number of benzene rings is 1. The van der Waals surface area contributed by atoms with Crippen LogP contribution in [0.25, 0.3) is 0 Å². The van der Waals surface area contributed by atoms with Crippen LogP contribution in [-0.2, 0) is 6.42 Å². The number of unbranched alkanes of at least 4 members (excludes halogenated alkanes) is 2. The third kappa shape index (κ3) is 5.37. The quantitative estimate of drug-likeness (QED) is 0.578. The first kappa shape index (κ1) is 19.9. The molecule has 6 nitrogen and oxygen atoms in total. The van der Waals surface area contributed by atoms with Crippen molar-refractivity contribution in [1.82, 2.24) is 15.0 Å². The Balaban J connectivity index is 1.29. The molecule has 1 aliphatic heterocycles. The number of ether oxygens (including phenoxy) is 1. The molecule has 0 bridgehead atoms. The molecule has 1 atom stereocenters. The molecule has 1 saturated carbocycles. The van der Waals surface area contributed by atoms with E-state index in [2.05, 4.69) is 17.1 Å². The van der Waals surface area contributed by atoms with Crippen LogP contribution in [0.3, 0.4) is 0 Å². The van der Waals surface area contributed by atoms with Crippen LogP contribution in [0.5, 0.6) is 5.75 Å². The zero-order chi connectivity index (χ0) is 20.1. The molecule has 2 fully saturated rings. The van der Waals surface area contributed by atoms with Gasteiger partial charge in [0.05, 0.1) is 6.61 Å². The van der Waals surface area contributed by atoms with Crippen molar-refractivity contribution in [1.29, 1.82) is 0 Å². The van der Waals surface area contributed by atoms with Crippen molar-refractivity contribution < 1.29 is 14.1 Å². The first-order chi connectivity index (χ1) is 14.2. The van der Waals surface area contributed by atoms with Gasteiger partial charge in [0.1, 0.15) is 5.75 Å². The zero-order valence-electron chi connectivity index (χ0n) is 17.3. The summed E-state index contributed by atoms with van der Waals surface area (Å²) in [7, 11) is 0. The first-order valence-corrected chi connectivity index (χ1v) is 11.1. The second-order valence-corrected chi connectivity index (χ2v) is 8.36. The minimum Gasteiger partial charge on any atom is -0.494 e. The van der Waals surface area contributed by atoms with Crippen LogP contribution in [0.2, 0.25) is 0 Å². The number of piperidine rings is 1. The smallest absolute Gasteiger partial charge is 0.253 e. The lowest BCUT2D eigenvalue weighted by molar-refractivity contribution is 0.0668. The van der Waals surface area contributed by atoms with Crippen LogP contribution in [-0.4, -0.2) is 40.6 Å². The molecule has 156 valence electrons. The van der Waals surface area contributed by atoms with Gasteiger partial charge in [-0.2, -0.15) is 4.98 Å². The van der Waals surface area contributed by atoms with Crippen molar-refractivity contribution in [3.05, 3.63) is 41.5 Å². The summed E-state index contributed by atoms with van der Waals surface area (Å²) in [6, 6.07) is 7.55. The third-order valence-electron chi connectivity index (χ3n) is 5.81. The molecule has 1 aromatic carbocycles. The Bertz CT molecular complexity index is 798. The number of carbonyl (C=O) groups is 1. The van der Waals surface area contributed by atoms with Crippen molar-refractivity contribution >= 4 is 5.91 Å². The van der Waals surface area contributed by atoms with Gasteiger partial charge in [-0.25, -0.2) is 0 Å². The molecule has 2 aliphatic rings. The number of rotatable bonds is 9. The number of amides is 1. The van der Waals surface area contributed by atoms with Crippen LogP contribution in [0, 0.1) is 5.92 Å². The maximum absolute atomic E-state index is 12.9. The summed E-state index contributed by atoms with van der Waals surface area (Å²) in [4.78, 5) is 19.5. The maximum atomic E-state index is 12.9. The van der Waals surface area contributed by atoms with Gasteiger partial charge in [-0.3, -0.25) is 4.79 Å². The lowest BCUT2D eigenvalue weighted by Gasteiger charge is -2.32. The molecule has 6 heteroatoms. The molecule has 1 saturated heterocycles.